The summed E-state index contributed by atoms with van der Waals surface area (Å²) in [4.78, 5) is 10.9. The predicted octanol–water partition coefficient (Wildman–Crippen LogP) is 2.29. The molecule has 0 spiro atoms. The summed E-state index contributed by atoms with van der Waals surface area (Å²) in [5.74, 6) is -0.692. The van der Waals surface area contributed by atoms with Crippen molar-refractivity contribution < 1.29 is 19.4 Å². The first-order valence-electron chi connectivity index (χ1n) is 4.85. The van der Waals surface area contributed by atoms with Gasteiger partial charge in [-0.3, -0.25) is 0 Å². The van der Waals surface area contributed by atoms with Crippen LogP contribution in [0.15, 0.2) is 34.6 Å². The van der Waals surface area contributed by atoms with Gasteiger partial charge in [0.2, 0.25) is 0 Å². The van der Waals surface area contributed by atoms with Crippen LogP contribution in [0.3, 0.4) is 0 Å². The molecule has 0 aromatic rings. The molecule has 0 radical (unpaired) electrons. The molecule has 17 heavy (non-hydrogen) atoms. The van der Waals surface area contributed by atoms with Crippen LogP contribution in [0.5, 0.6) is 0 Å². The summed E-state index contributed by atoms with van der Waals surface area (Å²) in [5, 5.41) is 8.43. The predicted molar refractivity (Wildman–Crippen MR) is 65.2 cm³/mol. The molecule has 94 valence electrons. The average molecular weight is 279 g/mol. The zero-order valence-electron chi connectivity index (χ0n) is 9.15. The first-order valence-corrected chi connectivity index (χ1v) is 5.66. The van der Waals surface area contributed by atoms with Crippen LogP contribution in [0.2, 0.25) is 0 Å². The molecule has 0 aromatic heterocycles. The van der Waals surface area contributed by atoms with E-state index >= 15 is 0 Å². The summed E-state index contributed by atoms with van der Waals surface area (Å²) in [6.07, 6.45) is 4.37. The van der Waals surface area contributed by atoms with Crippen LogP contribution in [0.1, 0.15) is 0 Å². The molecule has 0 saturated heterocycles. The first-order chi connectivity index (χ1) is 8.04. The molecule has 0 bridgehead atoms. The normalized spacial score (nSPS) is 19.9. The summed E-state index contributed by atoms with van der Waals surface area (Å²) < 4.78 is 10.2. The molecule has 1 rings (SSSR count). The van der Waals surface area contributed by atoms with Gasteiger partial charge in [0, 0.05) is 7.11 Å². The molecule has 0 aromatic carbocycles. The number of rotatable bonds is 5. The van der Waals surface area contributed by atoms with Crippen LogP contribution in [-0.4, -0.2) is 36.8 Å². The second-order valence-corrected chi connectivity index (χ2v) is 4.14. The summed E-state index contributed by atoms with van der Waals surface area (Å²) in [6.45, 7) is 0.768. The van der Waals surface area contributed by atoms with Gasteiger partial charge < -0.3 is 14.6 Å². The van der Waals surface area contributed by atoms with Crippen molar-refractivity contribution in [1.82, 2.24) is 0 Å². The van der Waals surface area contributed by atoms with E-state index in [2.05, 4.69) is 0 Å². The molecule has 1 aliphatic carbocycles. The minimum Gasteiger partial charge on any atom is -0.491 e. The molecule has 0 fully saturated rings. The van der Waals surface area contributed by atoms with E-state index in [9.17, 15) is 4.79 Å². The lowest BCUT2D eigenvalue weighted by Crippen LogP contribution is -2.02. The van der Waals surface area contributed by atoms with Crippen LogP contribution in [0.4, 0.5) is 0 Å². The van der Waals surface area contributed by atoms with Gasteiger partial charge >= 0.3 is 5.97 Å². The maximum Gasteiger partial charge on any atom is 0.336 e. The number of halogens is 2. The van der Waals surface area contributed by atoms with E-state index in [1.54, 1.807) is 13.2 Å². The number of ether oxygens (including phenoxy) is 2. The largest absolute Gasteiger partial charge is 0.491 e. The Hall–Kier alpha value is -0.970. The van der Waals surface area contributed by atoms with Gasteiger partial charge in [-0.2, -0.15) is 0 Å². The van der Waals surface area contributed by atoms with Gasteiger partial charge in [0.25, 0.3) is 0 Å². The highest BCUT2D eigenvalue weighted by atomic mass is 35.5. The number of carbonyl (C=O) groups is 1. The first kappa shape index (κ1) is 14.1. The fraction of sp³-hybridized carbons (Fsp3) is 0.364. The van der Waals surface area contributed by atoms with Gasteiger partial charge in [0.15, 0.2) is 0 Å². The number of aliphatic carboxylic acids is 1. The van der Waals surface area contributed by atoms with Gasteiger partial charge in [-0.25, -0.2) is 4.79 Å². The van der Waals surface area contributed by atoms with Gasteiger partial charge in [-0.05, 0) is 18.2 Å². The Bertz CT molecular complexity index is 385. The van der Waals surface area contributed by atoms with Gasteiger partial charge in [0.05, 0.1) is 22.6 Å². The highest BCUT2D eigenvalue weighted by molar-refractivity contribution is 6.35. The monoisotopic (exact) mass is 278 g/mol. The zero-order chi connectivity index (χ0) is 12.8. The Morgan fingerprint density at radius 1 is 1.47 bits per heavy atom. The minimum absolute atomic E-state index is 0.0340. The maximum absolute atomic E-state index is 10.9. The van der Waals surface area contributed by atoms with Crippen molar-refractivity contribution in [3.05, 3.63) is 34.6 Å². The molecule has 1 unspecified atom stereocenters. The molecule has 1 aliphatic rings. The fourth-order valence-corrected chi connectivity index (χ4v) is 1.70. The smallest absolute Gasteiger partial charge is 0.336 e. The van der Waals surface area contributed by atoms with E-state index in [-0.39, 0.29) is 10.6 Å². The van der Waals surface area contributed by atoms with E-state index in [0.717, 1.165) is 0 Å². The van der Waals surface area contributed by atoms with E-state index < -0.39 is 11.3 Å². The highest BCUT2D eigenvalue weighted by Gasteiger charge is 2.17. The molecule has 0 saturated carbocycles. The summed E-state index contributed by atoms with van der Waals surface area (Å²) in [5.41, 5.74) is -0.0340. The van der Waals surface area contributed by atoms with Crippen molar-refractivity contribution in [3.63, 3.8) is 0 Å². The summed E-state index contributed by atoms with van der Waals surface area (Å²) in [7, 11) is 1.56. The number of hydrogen-bond donors (Lipinski definition) is 1. The number of allylic oxidation sites excluding steroid dienone is 3. The van der Waals surface area contributed by atoms with Gasteiger partial charge in [-0.15, -0.1) is 11.6 Å². The number of methoxy groups -OCH3 is 1. The molecule has 0 aliphatic heterocycles. The minimum atomic E-state index is -1.12. The molecular formula is C11H12Cl2O4. The lowest BCUT2D eigenvalue weighted by Gasteiger charge is -2.06. The number of carboxylic acid groups (broad SMARTS) is 1. The van der Waals surface area contributed by atoms with Crippen LogP contribution in [0, 0.1) is 0 Å². The second-order valence-electron chi connectivity index (χ2n) is 3.23. The summed E-state index contributed by atoms with van der Waals surface area (Å²) >= 11 is 11.8. The van der Waals surface area contributed by atoms with Crippen LogP contribution in [-0.2, 0) is 14.3 Å². The average Bonchev–Trinajstić information content (AvgIpc) is 2.38. The third-order valence-corrected chi connectivity index (χ3v) is 2.53. The highest BCUT2D eigenvalue weighted by Crippen LogP contribution is 2.24. The maximum atomic E-state index is 10.9. The Labute approximate surface area is 109 Å². The lowest BCUT2D eigenvalue weighted by molar-refractivity contribution is -0.132. The van der Waals surface area contributed by atoms with Crippen molar-refractivity contribution in [2.75, 3.05) is 20.3 Å². The Balaban J connectivity index is 2.80. The van der Waals surface area contributed by atoms with Crippen LogP contribution >= 0.6 is 23.2 Å². The third-order valence-electron chi connectivity index (χ3n) is 1.96. The SMILES string of the molecule is COCCOC1=CC(Cl)C=C(C(=O)O)C(Cl)=C1. The Morgan fingerprint density at radius 3 is 2.76 bits per heavy atom. The van der Waals surface area contributed by atoms with Crippen LogP contribution in [0.25, 0.3) is 0 Å². The number of alkyl halides is 1. The molecule has 1 atom stereocenters. The molecule has 1 N–H and O–H groups in total. The topological polar surface area (TPSA) is 55.8 Å². The van der Waals surface area contributed by atoms with E-state index in [4.69, 9.17) is 37.8 Å². The third kappa shape index (κ3) is 4.42. The second kappa shape index (κ2) is 6.69. The van der Waals surface area contributed by atoms with E-state index in [1.165, 1.54) is 12.2 Å². The molecule has 0 amide bonds. The molecule has 4 nitrogen and oxygen atoms in total. The Kier molecular flexibility index (Phi) is 5.55. The van der Waals surface area contributed by atoms with Crippen LogP contribution < -0.4 is 0 Å². The number of carboxylic acids is 1. The zero-order valence-corrected chi connectivity index (χ0v) is 10.7. The van der Waals surface area contributed by atoms with Crippen molar-refractivity contribution in [2.24, 2.45) is 0 Å². The lowest BCUT2D eigenvalue weighted by atomic mass is 10.2. The quantitative estimate of drug-likeness (QED) is 0.619. The van der Waals surface area contributed by atoms with Gasteiger partial charge in [0.1, 0.15) is 12.4 Å². The van der Waals surface area contributed by atoms with E-state index in [1.807, 2.05) is 0 Å². The van der Waals surface area contributed by atoms with E-state index in [0.29, 0.717) is 19.0 Å². The summed E-state index contributed by atoms with van der Waals surface area (Å²) in [6, 6.07) is 0. The standard InChI is InChI=1S/C11H12Cl2O4/c1-16-2-3-17-8-4-7(12)5-9(11(14)15)10(13)6-8/h4-7H,2-3H2,1H3,(H,14,15). The molecule has 0 heterocycles. The van der Waals surface area contributed by atoms with Crippen molar-refractivity contribution in [1.29, 1.82) is 0 Å². The number of hydrogen-bond acceptors (Lipinski definition) is 3. The van der Waals surface area contributed by atoms with Gasteiger partial charge in [-0.1, -0.05) is 11.6 Å². The Morgan fingerprint density at radius 2 is 2.18 bits per heavy atom. The van der Waals surface area contributed by atoms with Crippen molar-refractivity contribution in [3.8, 4) is 0 Å². The van der Waals surface area contributed by atoms with Crippen molar-refractivity contribution in [2.45, 2.75) is 5.38 Å². The molecule has 6 heteroatoms. The fourth-order valence-electron chi connectivity index (χ4n) is 1.20. The molecular weight excluding hydrogens is 267 g/mol. The van der Waals surface area contributed by atoms with Crippen molar-refractivity contribution >= 4 is 29.2 Å².